The van der Waals surface area contributed by atoms with E-state index in [4.69, 9.17) is 0 Å². The zero-order chi connectivity index (χ0) is 14.9. The monoisotopic (exact) mass is 293 g/mol. The molecule has 1 aliphatic heterocycles. The highest BCUT2D eigenvalue weighted by atomic mass is 32.2. The Balaban J connectivity index is 2.35. The van der Waals surface area contributed by atoms with Gasteiger partial charge in [0.25, 0.3) is 0 Å². The quantitative estimate of drug-likeness (QED) is 0.923. The molecule has 0 bridgehead atoms. The Morgan fingerprint density at radius 3 is 2.70 bits per heavy atom. The molecule has 1 aromatic carbocycles. The number of hydrogen-bond donors (Lipinski definition) is 1. The first-order valence-electron chi connectivity index (χ1n) is 6.20. The number of nitrogens with zero attached hydrogens (tertiary/aromatic N) is 1. The van der Waals surface area contributed by atoms with E-state index < -0.39 is 5.97 Å². The molecule has 0 spiro atoms. The van der Waals surface area contributed by atoms with Gasteiger partial charge in [0.2, 0.25) is 5.91 Å². The standard InChI is InChI=1S/C14H15NO4S/c1-8-4-3-5-11(14(18)19)13(8)15-7-10(6-12(15)17)20-9(2)16/h3-5,10H,6-7H2,1-2H3,(H,18,19). The summed E-state index contributed by atoms with van der Waals surface area (Å²) in [5.74, 6) is -1.19. The number of rotatable bonds is 3. The van der Waals surface area contributed by atoms with Gasteiger partial charge >= 0.3 is 5.97 Å². The van der Waals surface area contributed by atoms with Crippen molar-refractivity contribution < 1.29 is 19.5 Å². The van der Waals surface area contributed by atoms with Gasteiger partial charge < -0.3 is 10.0 Å². The van der Waals surface area contributed by atoms with Crippen molar-refractivity contribution in [2.45, 2.75) is 25.5 Å². The number of anilines is 1. The van der Waals surface area contributed by atoms with Crippen LogP contribution in [0.15, 0.2) is 18.2 Å². The number of thioether (sulfide) groups is 1. The zero-order valence-electron chi connectivity index (χ0n) is 11.3. The van der Waals surface area contributed by atoms with E-state index in [2.05, 4.69) is 0 Å². The summed E-state index contributed by atoms with van der Waals surface area (Å²) < 4.78 is 0. The first-order chi connectivity index (χ1) is 9.40. The molecule has 1 saturated heterocycles. The summed E-state index contributed by atoms with van der Waals surface area (Å²) in [6, 6.07) is 4.93. The van der Waals surface area contributed by atoms with Crippen molar-refractivity contribution in [2.75, 3.05) is 11.4 Å². The maximum absolute atomic E-state index is 12.1. The van der Waals surface area contributed by atoms with E-state index in [1.54, 1.807) is 19.1 Å². The lowest BCUT2D eigenvalue weighted by Gasteiger charge is -2.21. The predicted octanol–water partition coefficient (Wildman–Crippen LogP) is 2.08. The van der Waals surface area contributed by atoms with Gasteiger partial charge in [-0.15, -0.1) is 0 Å². The molecule has 1 N–H and O–H groups in total. The van der Waals surface area contributed by atoms with E-state index in [-0.39, 0.29) is 28.3 Å². The molecule has 1 amide bonds. The largest absolute Gasteiger partial charge is 0.478 e. The van der Waals surface area contributed by atoms with Crippen molar-refractivity contribution >= 4 is 34.4 Å². The van der Waals surface area contributed by atoms with Gasteiger partial charge in [0, 0.05) is 25.1 Å². The second kappa shape index (κ2) is 5.66. The van der Waals surface area contributed by atoms with Crippen LogP contribution in [0, 0.1) is 6.92 Å². The third kappa shape index (κ3) is 2.85. The Morgan fingerprint density at radius 1 is 1.40 bits per heavy atom. The van der Waals surface area contributed by atoms with Gasteiger partial charge in [-0.25, -0.2) is 4.79 Å². The van der Waals surface area contributed by atoms with Gasteiger partial charge in [-0.3, -0.25) is 9.59 Å². The van der Waals surface area contributed by atoms with E-state index in [0.29, 0.717) is 12.2 Å². The Morgan fingerprint density at radius 2 is 2.10 bits per heavy atom. The number of amides is 1. The highest BCUT2D eigenvalue weighted by Crippen LogP contribution is 2.33. The number of aryl methyl sites for hydroxylation is 1. The first kappa shape index (κ1) is 14.6. The summed E-state index contributed by atoms with van der Waals surface area (Å²) in [6.45, 7) is 3.61. The van der Waals surface area contributed by atoms with Crippen LogP contribution >= 0.6 is 11.8 Å². The Labute approximate surface area is 121 Å². The number of aromatic carboxylic acids is 1. The van der Waals surface area contributed by atoms with E-state index in [9.17, 15) is 19.5 Å². The van der Waals surface area contributed by atoms with E-state index in [0.717, 1.165) is 17.3 Å². The minimum atomic E-state index is -1.06. The number of para-hydroxylation sites is 1. The molecular weight excluding hydrogens is 278 g/mol. The molecule has 20 heavy (non-hydrogen) atoms. The van der Waals surface area contributed by atoms with Crippen LogP contribution in [0.5, 0.6) is 0 Å². The van der Waals surface area contributed by atoms with Crippen molar-refractivity contribution in [3.8, 4) is 0 Å². The van der Waals surface area contributed by atoms with E-state index in [1.165, 1.54) is 17.9 Å². The van der Waals surface area contributed by atoms with Gasteiger partial charge in [-0.2, -0.15) is 0 Å². The Hall–Kier alpha value is -1.82. The number of carboxylic acids is 1. The fourth-order valence-electron chi connectivity index (χ4n) is 2.39. The zero-order valence-corrected chi connectivity index (χ0v) is 12.1. The normalized spacial score (nSPS) is 18.4. The summed E-state index contributed by atoms with van der Waals surface area (Å²) in [6.07, 6.45) is 0.262. The number of benzene rings is 1. The summed E-state index contributed by atoms with van der Waals surface area (Å²) in [7, 11) is 0. The maximum atomic E-state index is 12.1. The molecule has 1 fully saturated rings. The fraction of sp³-hybridized carbons (Fsp3) is 0.357. The van der Waals surface area contributed by atoms with E-state index >= 15 is 0 Å². The van der Waals surface area contributed by atoms with Crippen LogP contribution in [0.25, 0.3) is 0 Å². The Bertz CT molecular complexity index is 585. The molecule has 0 saturated carbocycles. The second-order valence-corrected chi connectivity index (χ2v) is 6.19. The Kier molecular flexibility index (Phi) is 4.13. The molecule has 0 aromatic heterocycles. The molecule has 1 heterocycles. The molecule has 0 aliphatic carbocycles. The lowest BCUT2D eigenvalue weighted by Crippen LogP contribution is -2.27. The summed E-state index contributed by atoms with van der Waals surface area (Å²) in [5.41, 5.74) is 1.30. The van der Waals surface area contributed by atoms with Gasteiger partial charge in [0.05, 0.1) is 11.3 Å². The average Bonchev–Trinajstić information content (AvgIpc) is 2.68. The third-order valence-electron chi connectivity index (χ3n) is 3.16. The van der Waals surface area contributed by atoms with Gasteiger partial charge in [0.15, 0.2) is 5.12 Å². The summed E-state index contributed by atoms with van der Waals surface area (Å²) in [4.78, 5) is 36.0. The molecular formula is C14H15NO4S. The maximum Gasteiger partial charge on any atom is 0.337 e. The molecule has 1 atom stereocenters. The van der Waals surface area contributed by atoms with Gasteiger partial charge in [0.1, 0.15) is 0 Å². The van der Waals surface area contributed by atoms with Gasteiger partial charge in [-0.05, 0) is 18.6 Å². The second-order valence-electron chi connectivity index (χ2n) is 4.72. The number of carboxylic acid groups (broad SMARTS) is 1. The highest BCUT2D eigenvalue weighted by molar-refractivity contribution is 8.14. The van der Waals surface area contributed by atoms with Crippen molar-refractivity contribution in [1.29, 1.82) is 0 Å². The molecule has 1 aliphatic rings. The SMILES string of the molecule is CC(=O)SC1CC(=O)N(c2c(C)cccc2C(=O)O)C1. The number of carbonyl (C=O) groups is 3. The van der Waals surface area contributed by atoms with Crippen LogP contribution in [0.1, 0.15) is 29.3 Å². The molecule has 0 radical (unpaired) electrons. The fourth-order valence-corrected chi connectivity index (χ4v) is 3.31. The minimum absolute atomic E-state index is 0.0344. The molecule has 1 unspecified atom stereocenters. The third-order valence-corrected chi connectivity index (χ3v) is 4.14. The van der Waals surface area contributed by atoms with Crippen LogP contribution < -0.4 is 4.90 Å². The smallest absolute Gasteiger partial charge is 0.337 e. The lowest BCUT2D eigenvalue weighted by molar-refractivity contribution is -0.117. The van der Waals surface area contributed by atoms with E-state index in [1.807, 2.05) is 0 Å². The average molecular weight is 293 g/mol. The van der Waals surface area contributed by atoms with Crippen LogP contribution in [0.4, 0.5) is 5.69 Å². The summed E-state index contributed by atoms with van der Waals surface area (Å²) >= 11 is 1.14. The molecule has 6 heteroatoms. The predicted molar refractivity (Wildman–Crippen MR) is 77.2 cm³/mol. The van der Waals surface area contributed by atoms with Crippen molar-refractivity contribution in [3.63, 3.8) is 0 Å². The van der Waals surface area contributed by atoms with Crippen LogP contribution in [0.3, 0.4) is 0 Å². The molecule has 106 valence electrons. The number of carbonyl (C=O) groups excluding carboxylic acids is 2. The van der Waals surface area contributed by atoms with Crippen molar-refractivity contribution in [2.24, 2.45) is 0 Å². The van der Waals surface area contributed by atoms with Gasteiger partial charge in [-0.1, -0.05) is 23.9 Å². The summed E-state index contributed by atoms with van der Waals surface area (Å²) in [5, 5.41) is 9.11. The van der Waals surface area contributed by atoms with Crippen LogP contribution in [-0.4, -0.2) is 33.9 Å². The minimum Gasteiger partial charge on any atom is -0.478 e. The topological polar surface area (TPSA) is 74.7 Å². The van der Waals surface area contributed by atoms with Crippen molar-refractivity contribution in [3.05, 3.63) is 29.3 Å². The molecule has 2 rings (SSSR count). The lowest BCUT2D eigenvalue weighted by atomic mass is 10.1. The molecule has 5 nitrogen and oxygen atoms in total. The molecule has 1 aromatic rings. The van der Waals surface area contributed by atoms with Crippen LogP contribution in [-0.2, 0) is 9.59 Å². The van der Waals surface area contributed by atoms with Crippen molar-refractivity contribution in [1.82, 2.24) is 0 Å². The first-order valence-corrected chi connectivity index (χ1v) is 7.08. The van der Waals surface area contributed by atoms with Crippen LogP contribution in [0.2, 0.25) is 0 Å². The highest BCUT2D eigenvalue weighted by Gasteiger charge is 2.34. The number of hydrogen-bond acceptors (Lipinski definition) is 4.